The summed E-state index contributed by atoms with van der Waals surface area (Å²) in [6, 6.07) is 11.1. The van der Waals surface area contributed by atoms with Crippen molar-refractivity contribution in [2.45, 2.75) is 20.3 Å². The number of carbonyl (C=O) groups excluding carboxylic acids is 1. The first-order valence-electron chi connectivity index (χ1n) is 7.99. The van der Waals surface area contributed by atoms with E-state index in [2.05, 4.69) is 17.2 Å². The summed E-state index contributed by atoms with van der Waals surface area (Å²) in [4.78, 5) is 21.9. The smallest absolute Gasteiger partial charge is 0.337 e. The first kappa shape index (κ1) is 17.1. The van der Waals surface area contributed by atoms with Gasteiger partial charge in [-0.2, -0.15) is 0 Å². The molecule has 2 heterocycles. The molecule has 0 aliphatic heterocycles. The van der Waals surface area contributed by atoms with Gasteiger partial charge < -0.3 is 10.1 Å². The summed E-state index contributed by atoms with van der Waals surface area (Å²) in [5.41, 5.74) is 3.42. The van der Waals surface area contributed by atoms with Crippen molar-refractivity contribution in [1.82, 2.24) is 9.97 Å². The van der Waals surface area contributed by atoms with Crippen molar-refractivity contribution in [3.8, 4) is 10.7 Å². The van der Waals surface area contributed by atoms with E-state index in [4.69, 9.17) is 9.72 Å². The zero-order chi connectivity index (χ0) is 17.8. The summed E-state index contributed by atoms with van der Waals surface area (Å²) < 4.78 is 4.72. The number of aryl methyl sites for hydroxylation is 1. The van der Waals surface area contributed by atoms with E-state index in [0.29, 0.717) is 5.56 Å². The molecule has 128 valence electrons. The van der Waals surface area contributed by atoms with Gasteiger partial charge in [0.05, 0.1) is 17.6 Å². The number of rotatable bonds is 5. The average molecular weight is 353 g/mol. The molecule has 25 heavy (non-hydrogen) atoms. The van der Waals surface area contributed by atoms with Crippen LogP contribution in [0.25, 0.3) is 10.7 Å². The number of hydrogen-bond donors (Lipinski definition) is 1. The van der Waals surface area contributed by atoms with Crippen molar-refractivity contribution in [2.75, 3.05) is 12.4 Å². The number of esters is 1. The highest BCUT2D eigenvalue weighted by Gasteiger charge is 2.13. The number of thiophene rings is 1. The molecule has 6 heteroatoms. The quantitative estimate of drug-likeness (QED) is 0.679. The molecule has 0 atom stereocenters. The van der Waals surface area contributed by atoms with Crippen molar-refractivity contribution in [3.63, 3.8) is 0 Å². The topological polar surface area (TPSA) is 64.1 Å². The maximum atomic E-state index is 11.5. The van der Waals surface area contributed by atoms with Crippen LogP contribution < -0.4 is 5.32 Å². The molecular formula is C19H19N3O2S. The number of benzene rings is 1. The van der Waals surface area contributed by atoms with E-state index in [1.165, 1.54) is 7.11 Å². The molecule has 0 saturated heterocycles. The molecule has 1 aromatic carbocycles. The van der Waals surface area contributed by atoms with Gasteiger partial charge in [0, 0.05) is 16.9 Å². The molecule has 0 amide bonds. The monoisotopic (exact) mass is 353 g/mol. The normalized spacial score (nSPS) is 10.5. The fourth-order valence-corrected chi connectivity index (χ4v) is 3.24. The minimum absolute atomic E-state index is 0.348. The lowest BCUT2D eigenvalue weighted by Crippen LogP contribution is -2.05. The minimum Gasteiger partial charge on any atom is -0.465 e. The van der Waals surface area contributed by atoms with Crippen LogP contribution in [-0.4, -0.2) is 23.0 Å². The minimum atomic E-state index is -0.348. The third kappa shape index (κ3) is 3.69. The number of nitrogens with one attached hydrogen (secondary N) is 1. The van der Waals surface area contributed by atoms with Crippen LogP contribution in [0.5, 0.6) is 0 Å². The molecule has 2 aromatic heterocycles. The van der Waals surface area contributed by atoms with Gasteiger partial charge in [-0.05, 0) is 49.1 Å². The van der Waals surface area contributed by atoms with Gasteiger partial charge in [0.2, 0.25) is 0 Å². The first-order valence-corrected chi connectivity index (χ1v) is 8.87. The summed E-state index contributed by atoms with van der Waals surface area (Å²) in [6.45, 7) is 4.09. The molecule has 0 unspecified atom stereocenters. The van der Waals surface area contributed by atoms with E-state index in [-0.39, 0.29) is 5.97 Å². The Kier molecular flexibility index (Phi) is 5.09. The van der Waals surface area contributed by atoms with Gasteiger partial charge >= 0.3 is 5.97 Å². The molecule has 0 aliphatic rings. The Bertz CT molecular complexity index is 874. The third-order valence-electron chi connectivity index (χ3n) is 3.88. The van der Waals surface area contributed by atoms with Crippen LogP contribution in [0.1, 0.15) is 28.5 Å². The van der Waals surface area contributed by atoms with Crippen LogP contribution in [0.2, 0.25) is 0 Å². The van der Waals surface area contributed by atoms with Crippen LogP contribution >= 0.6 is 11.3 Å². The second-order valence-electron chi connectivity index (χ2n) is 5.48. The largest absolute Gasteiger partial charge is 0.465 e. The SMILES string of the molecule is CCc1c(C)nc(-c2cccs2)nc1Nc1ccc(C(=O)OC)cc1. The average Bonchev–Trinajstić information content (AvgIpc) is 3.16. The van der Waals surface area contributed by atoms with E-state index in [1.807, 2.05) is 36.6 Å². The van der Waals surface area contributed by atoms with Crippen molar-refractivity contribution >= 4 is 28.8 Å². The molecule has 0 radical (unpaired) electrons. The highest BCUT2D eigenvalue weighted by molar-refractivity contribution is 7.13. The molecule has 0 fully saturated rings. The fourth-order valence-electron chi connectivity index (χ4n) is 2.58. The Morgan fingerprint density at radius 3 is 2.56 bits per heavy atom. The number of carbonyl (C=O) groups is 1. The Morgan fingerprint density at radius 2 is 1.96 bits per heavy atom. The Hall–Kier alpha value is -2.73. The lowest BCUT2D eigenvalue weighted by molar-refractivity contribution is 0.0601. The summed E-state index contributed by atoms with van der Waals surface area (Å²) in [7, 11) is 1.37. The summed E-state index contributed by atoms with van der Waals surface area (Å²) in [6.07, 6.45) is 0.832. The van der Waals surface area contributed by atoms with Crippen LogP contribution in [0.15, 0.2) is 41.8 Å². The second kappa shape index (κ2) is 7.44. The molecular weight excluding hydrogens is 334 g/mol. The number of hydrogen-bond acceptors (Lipinski definition) is 6. The zero-order valence-electron chi connectivity index (χ0n) is 14.4. The van der Waals surface area contributed by atoms with Gasteiger partial charge in [-0.25, -0.2) is 14.8 Å². The number of ether oxygens (including phenoxy) is 1. The fraction of sp³-hybridized carbons (Fsp3) is 0.211. The Labute approximate surface area is 150 Å². The van der Waals surface area contributed by atoms with Gasteiger partial charge in [-0.15, -0.1) is 11.3 Å². The highest BCUT2D eigenvalue weighted by atomic mass is 32.1. The van der Waals surface area contributed by atoms with Gasteiger partial charge in [0.1, 0.15) is 5.82 Å². The van der Waals surface area contributed by atoms with Crippen molar-refractivity contribution in [3.05, 3.63) is 58.6 Å². The van der Waals surface area contributed by atoms with Gasteiger partial charge in [-0.1, -0.05) is 13.0 Å². The Morgan fingerprint density at radius 1 is 1.20 bits per heavy atom. The number of aromatic nitrogens is 2. The van der Waals surface area contributed by atoms with Crippen LogP contribution in [0.4, 0.5) is 11.5 Å². The predicted molar refractivity (Wildman–Crippen MR) is 101 cm³/mol. The van der Waals surface area contributed by atoms with Gasteiger partial charge in [-0.3, -0.25) is 0 Å². The molecule has 0 aliphatic carbocycles. The first-order chi connectivity index (χ1) is 12.1. The zero-order valence-corrected chi connectivity index (χ0v) is 15.2. The predicted octanol–water partition coefficient (Wildman–Crippen LogP) is 4.61. The van der Waals surface area contributed by atoms with Crippen LogP contribution in [0, 0.1) is 6.92 Å². The molecule has 0 saturated carbocycles. The van der Waals surface area contributed by atoms with Gasteiger partial charge in [0.25, 0.3) is 0 Å². The number of anilines is 2. The van der Waals surface area contributed by atoms with E-state index in [9.17, 15) is 4.79 Å². The standard InChI is InChI=1S/C19H19N3O2S/c1-4-15-12(2)20-18(16-6-5-11-25-16)22-17(15)21-14-9-7-13(8-10-14)19(23)24-3/h5-11H,4H2,1-3H3,(H,20,21,22). The molecule has 5 nitrogen and oxygen atoms in total. The third-order valence-corrected chi connectivity index (χ3v) is 4.74. The number of methoxy groups -OCH3 is 1. The molecule has 1 N–H and O–H groups in total. The van der Waals surface area contributed by atoms with Crippen molar-refractivity contribution in [1.29, 1.82) is 0 Å². The summed E-state index contributed by atoms with van der Waals surface area (Å²) in [5, 5.41) is 5.37. The van der Waals surface area contributed by atoms with Crippen molar-refractivity contribution < 1.29 is 9.53 Å². The lowest BCUT2D eigenvalue weighted by Gasteiger charge is -2.14. The maximum Gasteiger partial charge on any atom is 0.337 e. The van der Waals surface area contributed by atoms with Crippen LogP contribution in [0.3, 0.4) is 0 Å². The maximum absolute atomic E-state index is 11.5. The van der Waals surface area contributed by atoms with E-state index >= 15 is 0 Å². The van der Waals surface area contributed by atoms with Crippen molar-refractivity contribution in [2.24, 2.45) is 0 Å². The summed E-state index contributed by atoms with van der Waals surface area (Å²) in [5.74, 6) is 1.17. The lowest BCUT2D eigenvalue weighted by atomic mass is 10.1. The van der Waals surface area contributed by atoms with E-state index in [1.54, 1.807) is 23.5 Å². The number of nitrogens with zero attached hydrogens (tertiary/aromatic N) is 2. The van der Waals surface area contributed by atoms with E-state index < -0.39 is 0 Å². The van der Waals surface area contributed by atoms with Crippen LogP contribution in [-0.2, 0) is 11.2 Å². The highest BCUT2D eigenvalue weighted by Crippen LogP contribution is 2.27. The second-order valence-corrected chi connectivity index (χ2v) is 6.43. The molecule has 0 spiro atoms. The molecule has 3 rings (SSSR count). The van der Waals surface area contributed by atoms with E-state index in [0.717, 1.165) is 39.9 Å². The molecule has 3 aromatic rings. The van der Waals surface area contributed by atoms with Gasteiger partial charge in [0.15, 0.2) is 5.82 Å². The Balaban J connectivity index is 1.94. The molecule has 0 bridgehead atoms. The summed E-state index contributed by atoms with van der Waals surface area (Å²) >= 11 is 1.62.